The number of likely N-dealkylation sites (N-methyl/N-ethyl adjacent to an activating group) is 1. The molecule has 0 aromatic carbocycles. The molecule has 1 saturated heterocycles. The van der Waals surface area contributed by atoms with Crippen molar-refractivity contribution in [3.05, 3.63) is 0 Å². The molecule has 1 fully saturated rings. The Kier molecular flexibility index (Phi) is 6.09. The second-order valence-corrected chi connectivity index (χ2v) is 6.65. The largest absolute Gasteiger partial charge is 0.316 e. The summed E-state index contributed by atoms with van der Waals surface area (Å²) in [6.45, 7) is 15.2. The predicted molar refractivity (Wildman–Crippen MR) is 80.0 cm³/mol. The molecule has 108 valence electrons. The van der Waals surface area contributed by atoms with E-state index in [4.69, 9.17) is 0 Å². The highest BCUT2D eigenvalue weighted by molar-refractivity contribution is 4.90. The van der Waals surface area contributed by atoms with Crippen LogP contribution in [-0.4, -0.2) is 62.7 Å². The van der Waals surface area contributed by atoms with Crippen LogP contribution in [0.4, 0.5) is 0 Å². The molecule has 1 heterocycles. The second kappa shape index (κ2) is 6.88. The summed E-state index contributed by atoms with van der Waals surface area (Å²) >= 11 is 0. The molecule has 3 unspecified atom stereocenters. The Morgan fingerprint density at radius 3 is 2.39 bits per heavy atom. The lowest BCUT2D eigenvalue weighted by Crippen LogP contribution is -2.42. The zero-order chi connectivity index (χ0) is 13.8. The van der Waals surface area contributed by atoms with Gasteiger partial charge in [0.15, 0.2) is 0 Å². The quantitative estimate of drug-likeness (QED) is 0.749. The Morgan fingerprint density at radius 1 is 1.28 bits per heavy atom. The highest BCUT2D eigenvalue weighted by atomic mass is 15.2. The topological polar surface area (TPSA) is 18.5 Å². The predicted octanol–water partition coefficient (Wildman–Crippen LogP) is 1.89. The van der Waals surface area contributed by atoms with Crippen molar-refractivity contribution in [1.29, 1.82) is 0 Å². The summed E-state index contributed by atoms with van der Waals surface area (Å²) < 4.78 is 0. The molecule has 3 nitrogen and oxygen atoms in total. The van der Waals surface area contributed by atoms with Gasteiger partial charge in [0.05, 0.1) is 0 Å². The van der Waals surface area contributed by atoms with Gasteiger partial charge >= 0.3 is 0 Å². The van der Waals surface area contributed by atoms with Crippen molar-refractivity contribution in [3.63, 3.8) is 0 Å². The van der Waals surface area contributed by atoms with Crippen LogP contribution in [0, 0.1) is 11.3 Å². The molecule has 0 bridgehead atoms. The molecule has 0 aromatic rings. The second-order valence-electron chi connectivity index (χ2n) is 6.65. The lowest BCUT2D eigenvalue weighted by atomic mass is 9.87. The Bertz CT molecular complexity index is 242. The molecule has 3 atom stereocenters. The summed E-state index contributed by atoms with van der Waals surface area (Å²) in [7, 11) is 4.42. The van der Waals surface area contributed by atoms with E-state index in [9.17, 15) is 0 Å². The zero-order valence-electron chi connectivity index (χ0n) is 13.3. The average molecular weight is 255 g/mol. The number of nitrogens with one attached hydrogen (secondary N) is 1. The monoisotopic (exact) mass is 255 g/mol. The Labute approximate surface area is 114 Å². The van der Waals surface area contributed by atoms with E-state index in [-0.39, 0.29) is 0 Å². The Balaban J connectivity index is 2.51. The average Bonchev–Trinajstić information content (AvgIpc) is 2.67. The number of hydrogen-bond acceptors (Lipinski definition) is 3. The highest BCUT2D eigenvalue weighted by Gasteiger charge is 2.34. The Hall–Kier alpha value is -0.120. The van der Waals surface area contributed by atoms with E-state index in [0.717, 1.165) is 25.0 Å². The van der Waals surface area contributed by atoms with Crippen LogP contribution in [0.1, 0.15) is 34.1 Å². The third kappa shape index (κ3) is 4.22. The minimum Gasteiger partial charge on any atom is -0.316 e. The normalized spacial score (nSPS) is 28.8. The maximum absolute atomic E-state index is 3.52. The summed E-state index contributed by atoms with van der Waals surface area (Å²) in [5, 5.41) is 3.52. The lowest BCUT2D eigenvalue weighted by molar-refractivity contribution is 0.170. The minimum absolute atomic E-state index is 0.414. The minimum atomic E-state index is 0.414. The van der Waals surface area contributed by atoms with Gasteiger partial charge in [-0.3, -0.25) is 0 Å². The first-order valence-corrected chi connectivity index (χ1v) is 7.51. The van der Waals surface area contributed by atoms with Crippen LogP contribution in [-0.2, 0) is 0 Å². The van der Waals surface area contributed by atoms with Crippen LogP contribution in [0.25, 0.3) is 0 Å². The van der Waals surface area contributed by atoms with Crippen LogP contribution < -0.4 is 5.32 Å². The van der Waals surface area contributed by atoms with Crippen LogP contribution in [0.3, 0.4) is 0 Å². The van der Waals surface area contributed by atoms with Crippen molar-refractivity contribution >= 4 is 0 Å². The number of rotatable bonds is 7. The molecule has 0 amide bonds. The van der Waals surface area contributed by atoms with Gasteiger partial charge in [-0.15, -0.1) is 0 Å². The van der Waals surface area contributed by atoms with Gasteiger partial charge in [0.2, 0.25) is 0 Å². The van der Waals surface area contributed by atoms with Crippen LogP contribution in [0.2, 0.25) is 0 Å². The maximum Gasteiger partial charge on any atom is 0.0254 e. The third-order valence-electron chi connectivity index (χ3n) is 4.57. The van der Waals surface area contributed by atoms with Gasteiger partial charge in [0.25, 0.3) is 0 Å². The maximum atomic E-state index is 3.52. The van der Waals surface area contributed by atoms with Gasteiger partial charge in [0.1, 0.15) is 0 Å². The molecular formula is C15H33N3. The molecule has 1 aliphatic heterocycles. The van der Waals surface area contributed by atoms with Crippen molar-refractivity contribution in [2.24, 2.45) is 11.3 Å². The van der Waals surface area contributed by atoms with E-state index in [1.807, 2.05) is 0 Å². The van der Waals surface area contributed by atoms with Gasteiger partial charge < -0.3 is 15.1 Å². The molecule has 0 saturated carbocycles. The van der Waals surface area contributed by atoms with Crippen molar-refractivity contribution < 1.29 is 0 Å². The number of likely N-dealkylation sites (tertiary alicyclic amines) is 1. The molecule has 0 radical (unpaired) electrons. The fraction of sp³-hybridized carbons (Fsp3) is 1.00. The first-order valence-electron chi connectivity index (χ1n) is 7.51. The van der Waals surface area contributed by atoms with Crippen LogP contribution in [0.15, 0.2) is 0 Å². The third-order valence-corrected chi connectivity index (χ3v) is 4.57. The van der Waals surface area contributed by atoms with Crippen molar-refractivity contribution in [2.45, 2.75) is 40.2 Å². The fourth-order valence-corrected chi connectivity index (χ4v) is 3.11. The molecular weight excluding hydrogens is 222 g/mol. The van der Waals surface area contributed by atoms with Gasteiger partial charge in [-0.2, -0.15) is 0 Å². The van der Waals surface area contributed by atoms with E-state index in [1.165, 1.54) is 26.1 Å². The first kappa shape index (κ1) is 15.9. The van der Waals surface area contributed by atoms with Crippen molar-refractivity contribution in [1.82, 2.24) is 15.1 Å². The molecule has 1 rings (SSSR count). The lowest BCUT2D eigenvalue weighted by Gasteiger charge is -2.33. The smallest absolute Gasteiger partial charge is 0.0254 e. The first-order chi connectivity index (χ1) is 8.41. The SMILES string of the molecule is CCNCC(C)(CC)CN1CC(C)C(N(C)C)C1. The number of hydrogen-bond donors (Lipinski definition) is 1. The summed E-state index contributed by atoms with van der Waals surface area (Å²) in [4.78, 5) is 5.05. The fourth-order valence-electron chi connectivity index (χ4n) is 3.11. The summed E-state index contributed by atoms with van der Waals surface area (Å²) in [5.41, 5.74) is 0.414. The van der Waals surface area contributed by atoms with Crippen molar-refractivity contribution in [3.8, 4) is 0 Å². The van der Waals surface area contributed by atoms with Gasteiger partial charge in [0, 0.05) is 32.2 Å². The van der Waals surface area contributed by atoms with Crippen LogP contribution in [0.5, 0.6) is 0 Å². The van der Waals surface area contributed by atoms with Gasteiger partial charge in [-0.25, -0.2) is 0 Å². The molecule has 18 heavy (non-hydrogen) atoms. The van der Waals surface area contributed by atoms with E-state index >= 15 is 0 Å². The standard InChI is InChI=1S/C15H33N3/c1-7-15(4,11-16-8-2)12-18-9-13(3)14(10-18)17(5)6/h13-14,16H,7-12H2,1-6H3. The van der Waals surface area contributed by atoms with E-state index < -0.39 is 0 Å². The molecule has 1 N–H and O–H groups in total. The molecule has 0 aromatic heterocycles. The summed E-state index contributed by atoms with van der Waals surface area (Å²) in [5.74, 6) is 0.792. The summed E-state index contributed by atoms with van der Waals surface area (Å²) in [6.07, 6.45) is 1.25. The molecule has 1 aliphatic rings. The van der Waals surface area contributed by atoms with Crippen LogP contribution >= 0.6 is 0 Å². The summed E-state index contributed by atoms with van der Waals surface area (Å²) in [6, 6.07) is 0.727. The van der Waals surface area contributed by atoms with Gasteiger partial charge in [-0.1, -0.05) is 27.7 Å². The molecule has 3 heteroatoms. The zero-order valence-corrected chi connectivity index (χ0v) is 13.3. The van der Waals surface area contributed by atoms with Crippen molar-refractivity contribution in [2.75, 3.05) is 46.8 Å². The molecule has 0 aliphatic carbocycles. The number of nitrogens with zero attached hydrogens (tertiary/aromatic N) is 2. The van der Waals surface area contributed by atoms with E-state index in [1.54, 1.807) is 0 Å². The van der Waals surface area contributed by atoms with Gasteiger partial charge in [-0.05, 0) is 38.4 Å². The Morgan fingerprint density at radius 2 is 1.94 bits per heavy atom. The highest BCUT2D eigenvalue weighted by Crippen LogP contribution is 2.27. The van der Waals surface area contributed by atoms with E-state index in [2.05, 4.69) is 56.9 Å². The molecule has 0 spiro atoms. The van der Waals surface area contributed by atoms with E-state index in [0.29, 0.717) is 5.41 Å².